The number of carboxylic acids is 1. The zero-order valence-corrected chi connectivity index (χ0v) is 19.5. The molecule has 180 valence electrons. The number of ether oxygens (including phenoxy) is 2. The number of aliphatic carboxylic acids is 1. The number of carbonyl (C=O) groups excluding carboxylic acids is 2. The summed E-state index contributed by atoms with van der Waals surface area (Å²) in [7, 11) is 1.31. The van der Waals surface area contributed by atoms with Crippen molar-refractivity contribution in [1.29, 1.82) is 0 Å². The molecule has 3 rings (SSSR count). The van der Waals surface area contributed by atoms with Crippen LogP contribution in [0.1, 0.15) is 37.3 Å². The van der Waals surface area contributed by atoms with Crippen molar-refractivity contribution in [2.45, 2.75) is 38.3 Å². The quantitative estimate of drug-likeness (QED) is 0.462. The molecule has 2 aromatic rings. The molecular weight excluding hydrogens is 436 g/mol. The Kier molecular flexibility index (Phi) is 8.43. The zero-order chi connectivity index (χ0) is 24.7. The van der Waals surface area contributed by atoms with Crippen molar-refractivity contribution < 1.29 is 29.0 Å². The number of allylic oxidation sites excluding steroid dienone is 1. The molecule has 1 aliphatic carbocycles. The molecule has 0 bridgehead atoms. The van der Waals surface area contributed by atoms with Gasteiger partial charge in [0.2, 0.25) is 0 Å². The molecule has 2 unspecified atom stereocenters. The third kappa shape index (κ3) is 6.02. The molecular formula is C26H30N2O6. The number of amides is 2. The molecule has 0 radical (unpaired) electrons. The number of alkyl carbamates (subject to hydrolysis) is 1. The minimum atomic E-state index is -1.15. The van der Waals surface area contributed by atoms with E-state index >= 15 is 0 Å². The van der Waals surface area contributed by atoms with Gasteiger partial charge in [0.05, 0.1) is 6.54 Å². The molecule has 0 aromatic heterocycles. The first-order valence-corrected chi connectivity index (χ1v) is 11.1. The minimum absolute atomic E-state index is 0.0777. The number of methoxy groups -OCH3 is 1. The van der Waals surface area contributed by atoms with Crippen molar-refractivity contribution in [3.63, 3.8) is 0 Å². The molecule has 2 aromatic carbocycles. The second kappa shape index (κ2) is 11.5. The van der Waals surface area contributed by atoms with E-state index in [2.05, 4.69) is 22.8 Å². The predicted octanol–water partition coefficient (Wildman–Crippen LogP) is 3.47. The average molecular weight is 467 g/mol. The number of carboxylic acid groups (broad SMARTS) is 1. The second-order valence-electron chi connectivity index (χ2n) is 8.35. The lowest BCUT2D eigenvalue weighted by molar-refractivity contribution is -0.143. The number of rotatable bonds is 10. The van der Waals surface area contributed by atoms with Gasteiger partial charge in [-0.25, -0.2) is 9.59 Å². The Bertz CT molecular complexity index is 1030. The fourth-order valence-corrected chi connectivity index (χ4v) is 3.95. The molecule has 0 heterocycles. The van der Waals surface area contributed by atoms with E-state index in [0.29, 0.717) is 0 Å². The second-order valence-corrected chi connectivity index (χ2v) is 8.35. The predicted molar refractivity (Wildman–Crippen MR) is 127 cm³/mol. The van der Waals surface area contributed by atoms with Crippen LogP contribution in [0.2, 0.25) is 0 Å². The van der Waals surface area contributed by atoms with Crippen LogP contribution in [0.5, 0.6) is 0 Å². The highest BCUT2D eigenvalue weighted by Gasteiger charge is 2.29. The molecule has 0 saturated carbocycles. The van der Waals surface area contributed by atoms with Crippen LogP contribution in [0.25, 0.3) is 11.1 Å². The summed E-state index contributed by atoms with van der Waals surface area (Å²) in [5.41, 5.74) is 5.40. The van der Waals surface area contributed by atoms with Gasteiger partial charge in [0, 0.05) is 13.0 Å². The van der Waals surface area contributed by atoms with Crippen LogP contribution in [-0.4, -0.2) is 55.5 Å². The fourth-order valence-electron chi connectivity index (χ4n) is 3.95. The van der Waals surface area contributed by atoms with Crippen molar-refractivity contribution in [2.24, 2.45) is 0 Å². The Hall–Kier alpha value is -3.65. The average Bonchev–Trinajstić information content (AvgIpc) is 3.14. The Balaban J connectivity index is 1.54. The van der Waals surface area contributed by atoms with E-state index in [9.17, 15) is 19.5 Å². The van der Waals surface area contributed by atoms with Crippen molar-refractivity contribution >= 4 is 18.0 Å². The molecule has 8 heteroatoms. The van der Waals surface area contributed by atoms with Crippen LogP contribution in [-0.2, 0) is 19.1 Å². The van der Waals surface area contributed by atoms with Gasteiger partial charge >= 0.3 is 12.1 Å². The van der Waals surface area contributed by atoms with Gasteiger partial charge in [-0.3, -0.25) is 4.79 Å². The van der Waals surface area contributed by atoms with E-state index in [1.165, 1.54) is 7.11 Å². The van der Waals surface area contributed by atoms with Crippen LogP contribution in [0, 0.1) is 0 Å². The molecule has 2 atom stereocenters. The molecule has 0 fully saturated rings. The maximum atomic E-state index is 12.5. The van der Waals surface area contributed by atoms with Crippen LogP contribution >= 0.6 is 0 Å². The Morgan fingerprint density at radius 1 is 1.03 bits per heavy atom. The molecule has 34 heavy (non-hydrogen) atoms. The molecule has 2 amide bonds. The van der Waals surface area contributed by atoms with Crippen LogP contribution in [0.4, 0.5) is 4.79 Å². The van der Waals surface area contributed by atoms with Crippen molar-refractivity contribution in [3.05, 3.63) is 71.3 Å². The molecule has 8 nitrogen and oxygen atoms in total. The SMILES string of the molecule is COC(CNC(=O)OCC1c2ccccc2-c2ccccc21)C(=O)NC(CC=C(C)C)C(=O)O. The van der Waals surface area contributed by atoms with E-state index in [1.54, 1.807) is 6.08 Å². The Labute approximate surface area is 199 Å². The third-order valence-electron chi connectivity index (χ3n) is 5.73. The maximum Gasteiger partial charge on any atom is 0.407 e. The summed E-state index contributed by atoms with van der Waals surface area (Å²) in [6.45, 7) is 3.68. The number of benzene rings is 2. The number of hydrogen-bond donors (Lipinski definition) is 3. The molecule has 0 saturated heterocycles. The summed E-state index contributed by atoms with van der Waals surface area (Å²) in [6.07, 6.45) is 0.139. The van der Waals surface area contributed by atoms with Crippen molar-refractivity contribution in [3.8, 4) is 11.1 Å². The minimum Gasteiger partial charge on any atom is -0.480 e. The van der Waals surface area contributed by atoms with E-state index in [-0.39, 0.29) is 25.5 Å². The van der Waals surface area contributed by atoms with Crippen LogP contribution in [0.3, 0.4) is 0 Å². The normalized spacial score (nSPS) is 13.7. The Morgan fingerprint density at radius 2 is 1.62 bits per heavy atom. The number of nitrogens with one attached hydrogen (secondary N) is 2. The first-order valence-electron chi connectivity index (χ1n) is 11.1. The van der Waals surface area contributed by atoms with Gasteiger partial charge in [-0.15, -0.1) is 0 Å². The summed E-state index contributed by atoms with van der Waals surface area (Å²) in [5, 5.41) is 14.3. The monoisotopic (exact) mass is 466 g/mol. The lowest BCUT2D eigenvalue weighted by atomic mass is 9.98. The van der Waals surface area contributed by atoms with Gasteiger partial charge < -0.3 is 25.2 Å². The van der Waals surface area contributed by atoms with Gasteiger partial charge in [0.1, 0.15) is 12.6 Å². The molecule has 0 spiro atoms. The van der Waals surface area contributed by atoms with Gasteiger partial charge in [0.15, 0.2) is 6.10 Å². The lowest BCUT2D eigenvalue weighted by Gasteiger charge is -2.20. The highest BCUT2D eigenvalue weighted by Crippen LogP contribution is 2.44. The van der Waals surface area contributed by atoms with Crippen molar-refractivity contribution in [2.75, 3.05) is 20.3 Å². The molecule has 0 aliphatic heterocycles. The highest BCUT2D eigenvalue weighted by molar-refractivity contribution is 5.87. The zero-order valence-electron chi connectivity index (χ0n) is 19.5. The topological polar surface area (TPSA) is 114 Å². The van der Waals surface area contributed by atoms with E-state index in [4.69, 9.17) is 9.47 Å². The van der Waals surface area contributed by atoms with Crippen molar-refractivity contribution in [1.82, 2.24) is 10.6 Å². The summed E-state index contributed by atoms with van der Waals surface area (Å²) in [4.78, 5) is 36.3. The smallest absolute Gasteiger partial charge is 0.407 e. The fraction of sp³-hybridized carbons (Fsp3) is 0.346. The third-order valence-corrected chi connectivity index (χ3v) is 5.73. The Morgan fingerprint density at radius 3 is 2.15 bits per heavy atom. The summed E-state index contributed by atoms with van der Waals surface area (Å²) in [5.74, 6) is -1.85. The number of carbonyl (C=O) groups is 3. The standard InChI is InChI=1S/C26H30N2O6/c1-16(2)12-13-22(25(30)31)28-24(29)23(33-3)14-27-26(32)34-15-21-19-10-6-4-8-17(19)18-9-5-7-11-20(18)21/h4-12,21-23H,13-15H2,1-3H3,(H,27,32)(H,28,29)(H,30,31). The summed E-state index contributed by atoms with van der Waals surface area (Å²) >= 11 is 0. The van der Waals surface area contributed by atoms with E-state index < -0.39 is 30.1 Å². The van der Waals surface area contributed by atoms with Gasteiger partial charge in [-0.05, 0) is 42.5 Å². The highest BCUT2D eigenvalue weighted by atomic mass is 16.5. The number of fused-ring (bicyclic) bond motifs is 3. The summed E-state index contributed by atoms with van der Waals surface area (Å²) in [6, 6.07) is 15.0. The van der Waals surface area contributed by atoms with Crippen LogP contribution < -0.4 is 10.6 Å². The molecule has 3 N–H and O–H groups in total. The van der Waals surface area contributed by atoms with E-state index in [1.807, 2.05) is 50.2 Å². The lowest BCUT2D eigenvalue weighted by Crippen LogP contribution is -2.49. The first kappa shape index (κ1) is 25.0. The van der Waals surface area contributed by atoms with Gasteiger partial charge in [-0.1, -0.05) is 60.2 Å². The van der Waals surface area contributed by atoms with Crippen LogP contribution in [0.15, 0.2) is 60.2 Å². The van der Waals surface area contributed by atoms with E-state index in [0.717, 1.165) is 27.8 Å². The largest absolute Gasteiger partial charge is 0.480 e. The first-order chi connectivity index (χ1) is 16.3. The molecule has 1 aliphatic rings. The number of hydrogen-bond acceptors (Lipinski definition) is 5. The summed E-state index contributed by atoms with van der Waals surface area (Å²) < 4.78 is 10.6. The van der Waals surface area contributed by atoms with Gasteiger partial charge in [0.25, 0.3) is 5.91 Å². The van der Waals surface area contributed by atoms with Gasteiger partial charge in [-0.2, -0.15) is 0 Å². The maximum absolute atomic E-state index is 12.5.